The van der Waals surface area contributed by atoms with Gasteiger partial charge < -0.3 is 10.0 Å². The van der Waals surface area contributed by atoms with Crippen molar-refractivity contribution in [3.8, 4) is 0 Å². The molecule has 0 bridgehead atoms. The second kappa shape index (κ2) is 5.72. The van der Waals surface area contributed by atoms with Crippen LogP contribution in [0.5, 0.6) is 0 Å². The van der Waals surface area contributed by atoms with Crippen molar-refractivity contribution in [3.05, 3.63) is 34.1 Å². The molecule has 0 aliphatic rings. The maximum Gasteiger partial charge on any atom is 0.405 e. The molecule has 0 saturated heterocycles. The van der Waals surface area contributed by atoms with E-state index in [1.807, 2.05) is 0 Å². The molecule has 0 heterocycles. The molecule has 0 fully saturated rings. The number of rotatable bonds is 5. The van der Waals surface area contributed by atoms with Crippen LogP contribution in [0.25, 0.3) is 0 Å². The Morgan fingerprint density at radius 2 is 2.00 bits per heavy atom. The van der Waals surface area contributed by atoms with Gasteiger partial charge in [-0.1, -0.05) is 0 Å². The van der Waals surface area contributed by atoms with Crippen LogP contribution in [-0.4, -0.2) is 35.3 Å². The average Bonchev–Trinajstić information content (AvgIpc) is 2.25. The predicted octanol–water partition coefficient (Wildman–Crippen LogP) is 2.19. The van der Waals surface area contributed by atoms with Gasteiger partial charge in [0.25, 0.3) is 5.69 Å². The zero-order valence-electron chi connectivity index (χ0n) is 9.72. The zero-order chi connectivity index (χ0) is 15.5. The summed E-state index contributed by atoms with van der Waals surface area (Å²) in [5, 5.41) is 19.3. The van der Waals surface area contributed by atoms with Gasteiger partial charge in [0.15, 0.2) is 0 Å². The smallest absolute Gasteiger partial charge is 0.405 e. The van der Waals surface area contributed by atoms with Crippen LogP contribution in [0.3, 0.4) is 0 Å². The van der Waals surface area contributed by atoms with Crippen LogP contribution in [0.2, 0.25) is 0 Å². The minimum absolute atomic E-state index is 0.250. The lowest BCUT2D eigenvalue weighted by atomic mass is 10.2. The molecular formula is C10H8F4N2O4. The quantitative estimate of drug-likeness (QED) is 0.511. The summed E-state index contributed by atoms with van der Waals surface area (Å²) in [5.41, 5.74) is -1.55. The van der Waals surface area contributed by atoms with Crippen molar-refractivity contribution in [1.82, 2.24) is 0 Å². The van der Waals surface area contributed by atoms with Gasteiger partial charge in [-0.2, -0.15) is 13.2 Å². The number of carboxylic acid groups (broad SMARTS) is 1. The Morgan fingerprint density at radius 1 is 1.40 bits per heavy atom. The van der Waals surface area contributed by atoms with Gasteiger partial charge in [0, 0.05) is 0 Å². The standard InChI is InChI=1S/C10H8F4N2O4/c11-6-1-2-7(8(3-6)16(19)20)15(4-9(17)18)5-10(12,13)14/h1-3H,4-5H2,(H,17,18). The highest BCUT2D eigenvalue weighted by molar-refractivity contribution is 5.76. The molecule has 0 aromatic heterocycles. The van der Waals surface area contributed by atoms with E-state index in [1.165, 1.54) is 0 Å². The van der Waals surface area contributed by atoms with Gasteiger partial charge in [-0.05, 0) is 12.1 Å². The van der Waals surface area contributed by atoms with Crippen molar-refractivity contribution >= 4 is 17.3 Å². The summed E-state index contributed by atoms with van der Waals surface area (Å²) in [6.07, 6.45) is -4.77. The number of halogens is 4. The van der Waals surface area contributed by atoms with Crippen LogP contribution in [0.4, 0.5) is 28.9 Å². The SMILES string of the molecule is O=C(O)CN(CC(F)(F)F)c1ccc(F)cc1[N+](=O)[O-]. The van der Waals surface area contributed by atoms with E-state index < -0.39 is 47.4 Å². The molecule has 0 radical (unpaired) electrons. The Balaban J connectivity index is 3.25. The number of nitro groups is 1. The van der Waals surface area contributed by atoms with Crippen molar-refractivity contribution in [2.75, 3.05) is 18.0 Å². The first-order valence-corrected chi connectivity index (χ1v) is 5.07. The molecule has 10 heteroatoms. The molecule has 1 rings (SSSR count). The molecule has 1 aromatic rings. The van der Waals surface area contributed by atoms with Gasteiger partial charge in [-0.25, -0.2) is 4.39 Å². The lowest BCUT2D eigenvalue weighted by molar-refractivity contribution is -0.384. The Morgan fingerprint density at radius 3 is 2.45 bits per heavy atom. The number of anilines is 1. The highest BCUT2D eigenvalue weighted by Gasteiger charge is 2.34. The molecule has 0 amide bonds. The molecule has 0 aliphatic carbocycles. The molecule has 6 nitrogen and oxygen atoms in total. The largest absolute Gasteiger partial charge is 0.480 e. The third-order valence-electron chi connectivity index (χ3n) is 2.17. The summed E-state index contributed by atoms with van der Waals surface area (Å²) >= 11 is 0. The van der Waals surface area contributed by atoms with Gasteiger partial charge in [0.2, 0.25) is 0 Å². The Hall–Kier alpha value is -2.39. The van der Waals surface area contributed by atoms with Crippen LogP contribution < -0.4 is 4.90 Å². The number of hydrogen-bond donors (Lipinski definition) is 1. The molecule has 0 saturated carbocycles. The number of nitrogens with zero attached hydrogens (tertiary/aromatic N) is 2. The lowest BCUT2D eigenvalue weighted by Gasteiger charge is -2.23. The van der Waals surface area contributed by atoms with E-state index in [0.717, 1.165) is 6.07 Å². The van der Waals surface area contributed by atoms with Crippen LogP contribution in [0, 0.1) is 15.9 Å². The number of carbonyl (C=O) groups is 1. The first kappa shape index (κ1) is 15.7. The molecule has 0 unspecified atom stereocenters. The minimum Gasteiger partial charge on any atom is -0.480 e. The molecule has 110 valence electrons. The third-order valence-corrected chi connectivity index (χ3v) is 2.17. The Labute approximate surface area is 109 Å². The molecule has 20 heavy (non-hydrogen) atoms. The van der Waals surface area contributed by atoms with Crippen molar-refractivity contribution in [1.29, 1.82) is 0 Å². The van der Waals surface area contributed by atoms with Crippen molar-refractivity contribution < 1.29 is 32.4 Å². The fourth-order valence-corrected chi connectivity index (χ4v) is 1.52. The number of benzene rings is 1. The van der Waals surface area contributed by atoms with Crippen LogP contribution in [-0.2, 0) is 4.79 Å². The lowest BCUT2D eigenvalue weighted by Crippen LogP contribution is -2.38. The maximum absolute atomic E-state index is 12.9. The monoisotopic (exact) mass is 296 g/mol. The van der Waals surface area contributed by atoms with Gasteiger partial charge in [-0.3, -0.25) is 14.9 Å². The normalized spacial score (nSPS) is 11.2. The number of aliphatic carboxylic acids is 1. The van der Waals surface area contributed by atoms with E-state index in [2.05, 4.69) is 0 Å². The summed E-state index contributed by atoms with van der Waals surface area (Å²) < 4.78 is 50.0. The third kappa shape index (κ3) is 4.37. The first-order chi connectivity index (χ1) is 9.10. The molecular weight excluding hydrogens is 288 g/mol. The highest BCUT2D eigenvalue weighted by atomic mass is 19.4. The summed E-state index contributed by atoms with van der Waals surface area (Å²) in [5.74, 6) is -2.62. The number of hydrogen-bond acceptors (Lipinski definition) is 4. The van der Waals surface area contributed by atoms with Crippen molar-refractivity contribution in [2.45, 2.75) is 6.18 Å². The molecule has 1 aromatic carbocycles. The van der Waals surface area contributed by atoms with Gasteiger partial charge >= 0.3 is 12.1 Å². The van der Waals surface area contributed by atoms with E-state index in [1.54, 1.807) is 0 Å². The van der Waals surface area contributed by atoms with Gasteiger partial charge in [0.1, 0.15) is 24.6 Å². The predicted molar refractivity (Wildman–Crippen MR) is 59.0 cm³/mol. The second-order valence-corrected chi connectivity index (χ2v) is 3.76. The zero-order valence-corrected chi connectivity index (χ0v) is 9.72. The van der Waals surface area contributed by atoms with Crippen LogP contribution in [0.15, 0.2) is 18.2 Å². The molecule has 1 N–H and O–H groups in total. The highest BCUT2D eigenvalue weighted by Crippen LogP contribution is 2.31. The molecule has 0 atom stereocenters. The van der Waals surface area contributed by atoms with Crippen molar-refractivity contribution in [2.24, 2.45) is 0 Å². The van der Waals surface area contributed by atoms with E-state index in [0.29, 0.717) is 12.1 Å². The van der Waals surface area contributed by atoms with Gasteiger partial charge in [0.05, 0.1) is 11.0 Å². The summed E-state index contributed by atoms with van der Waals surface area (Å²) in [6, 6.07) is 1.89. The summed E-state index contributed by atoms with van der Waals surface area (Å²) in [4.78, 5) is 20.4. The fraction of sp³-hybridized carbons (Fsp3) is 0.300. The Kier molecular flexibility index (Phi) is 4.48. The average molecular weight is 296 g/mol. The van der Waals surface area contributed by atoms with Crippen molar-refractivity contribution in [3.63, 3.8) is 0 Å². The number of nitro benzene ring substituents is 1. The number of carboxylic acids is 1. The summed E-state index contributed by atoms with van der Waals surface area (Å²) in [6.45, 7) is -2.81. The van der Waals surface area contributed by atoms with E-state index in [-0.39, 0.29) is 4.90 Å². The summed E-state index contributed by atoms with van der Waals surface area (Å²) in [7, 11) is 0. The van der Waals surface area contributed by atoms with E-state index >= 15 is 0 Å². The Bertz CT molecular complexity index is 532. The second-order valence-electron chi connectivity index (χ2n) is 3.76. The van der Waals surface area contributed by atoms with Gasteiger partial charge in [-0.15, -0.1) is 0 Å². The topological polar surface area (TPSA) is 83.7 Å². The fourth-order valence-electron chi connectivity index (χ4n) is 1.52. The maximum atomic E-state index is 12.9. The van der Waals surface area contributed by atoms with E-state index in [4.69, 9.17) is 5.11 Å². The van der Waals surface area contributed by atoms with E-state index in [9.17, 15) is 32.5 Å². The van der Waals surface area contributed by atoms with Crippen LogP contribution in [0.1, 0.15) is 0 Å². The molecule has 0 aliphatic heterocycles. The minimum atomic E-state index is -4.77. The van der Waals surface area contributed by atoms with Crippen LogP contribution >= 0.6 is 0 Å². The first-order valence-electron chi connectivity index (χ1n) is 5.07. The number of alkyl halides is 3. The molecule has 0 spiro atoms.